The van der Waals surface area contributed by atoms with Crippen molar-refractivity contribution in [2.45, 2.75) is 36.3 Å². The average Bonchev–Trinajstić information content (AvgIpc) is 3.88. The molecule has 0 aliphatic carbocycles. The second kappa shape index (κ2) is 12.4. The number of hydrogen-bond donors (Lipinski definition) is 0. The van der Waals surface area contributed by atoms with Crippen molar-refractivity contribution in [2.75, 3.05) is 37.2 Å². The molecule has 4 heterocycles. The van der Waals surface area contributed by atoms with Gasteiger partial charge in [-0.1, -0.05) is 60.7 Å². The van der Waals surface area contributed by atoms with Crippen molar-refractivity contribution in [3.05, 3.63) is 120 Å². The van der Waals surface area contributed by atoms with Gasteiger partial charge >= 0.3 is 12.2 Å². The molecule has 4 fully saturated rings. The molecule has 254 valence electrons. The van der Waals surface area contributed by atoms with Gasteiger partial charge in [0, 0.05) is 11.4 Å². The number of ether oxygens (including phenoxy) is 4. The minimum absolute atomic E-state index is 0.0288. The van der Waals surface area contributed by atoms with Gasteiger partial charge in [0.2, 0.25) is 0 Å². The highest BCUT2D eigenvalue weighted by molar-refractivity contribution is 6.12. The summed E-state index contributed by atoms with van der Waals surface area (Å²) in [6, 6.07) is 27.2. The molecule has 0 saturated carbocycles. The lowest BCUT2D eigenvalue weighted by atomic mass is 9.97. The van der Waals surface area contributed by atoms with Crippen LogP contribution in [0.15, 0.2) is 109 Å². The van der Waals surface area contributed by atoms with Gasteiger partial charge in [-0.05, 0) is 59.7 Å². The summed E-state index contributed by atoms with van der Waals surface area (Å²) in [6.45, 7) is 0.0575. The Kier molecular flexibility index (Phi) is 7.78. The SMILES string of the molecule is COc1ccc(N2C(=O)[C@@H](N3C(=O)OC[C@@H]3c3ccccc3)[C@H]3[C@@H]2[C@H](N2C(=O)OC[C@@H]2c2ccccc2)C(=O)N3c2ccc(OC)cc2)cc1. The predicted octanol–water partition coefficient (Wildman–Crippen LogP) is 4.96. The summed E-state index contributed by atoms with van der Waals surface area (Å²) < 4.78 is 22.1. The van der Waals surface area contributed by atoms with Gasteiger partial charge in [0.15, 0.2) is 0 Å². The number of amides is 4. The molecule has 6 atom stereocenters. The van der Waals surface area contributed by atoms with Crippen molar-refractivity contribution in [3.8, 4) is 11.5 Å². The van der Waals surface area contributed by atoms with E-state index >= 15 is 9.59 Å². The van der Waals surface area contributed by atoms with E-state index in [1.807, 2.05) is 60.7 Å². The normalized spacial score (nSPS) is 26.0. The van der Waals surface area contributed by atoms with Crippen LogP contribution in [-0.2, 0) is 19.1 Å². The fourth-order valence-electron chi connectivity index (χ4n) is 7.83. The number of benzene rings is 4. The van der Waals surface area contributed by atoms with Gasteiger partial charge in [-0.3, -0.25) is 19.4 Å². The zero-order valence-electron chi connectivity index (χ0n) is 27.3. The Hall–Kier alpha value is -6.04. The molecule has 0 spiro atoms. The summed E-state index contributed by atoms with van der Waals surface area (Å²) in [4.78, 5) is 63.8. The molecule has 12 nitrogen and oxygen atoms in total. The van der Waals surface area contributed by atoms with E-state index in [1.54, 1.807) is 72.6 Å². The molecule has 4 aromatic rings. The average molecular weight is 675 g/mol. The van der Waals surface area contributed by atoms with Crippen LogP contribution in [0.1, 0.15) is 23.2 Å². The molecule has 4 saturated heterocycles. The molecule has 50 heavy (non-hydrogen) atoms. The zero-order valence-corrected chi connectivity index (χ0v) is 27.3. The summed E-state index contributed by atoms with van der Waals surface area (Å²) >= 11 is 0. The van der Waals surface area contributed by atoms with Crippen LogP contribution in [0.2, 0.25) is 0 Å². The van der Waals surface area contributed by atoms with Gasteiger partial charge in [0.25, 0.3) is 11.8 Å². The number of cyclic esters (lactones) is 2. The molecular weight excluding hydrogens is 640 g/mol. The Morgan fingerprint density at radius 1 is 0.520 bits per heavy atom. The Labute approximate surface area is 288 Å². The molecule has 4 aliphatic heterocycles. The molecule has 12 heteroatoms. The van der Waals surface area contributed by atoms with E-state index in [-0.39, 0.29) is 13.2 Å². The van der Waals surface area contributed by atoms with Crippen LogP contribution in [0.3, 0.4) is 0 Å². The first-order chi connectivity index (χ1) is 24.4. The van der Waals surface area contributed by atoms with E-state index < -0.39 is 60.3 Å². The minimum atomic E-state index is -1.17. The van der Waals surface area contributed by atoms with E-state index in [4.69, 9.17) is 18.9 Å². The van der Waals surface area contributed by atoms with E-state index in [2.05, 4.69) is 0 Å². The second-order valence-electron chi connectivity index (χ2n) is 12.5. The zero-order chi connectivity index (χ0) is 34.5. The number of carbonyl (C=O) groups is 4. The lowest BCUT2D eigenvalue weighted by Gasteiger charge is -2.34. The predicted molar refractivity (Wildman–Crippen MR) is 181 cm³/mol. The Morgan fingerprint density at radius 2 is 0.880 bits per heavy atom. The number of carbonyl (C=O) groups excluding carboxylic acids is 4. The molecule has 8 rings (SSSR count). The van der Waals surface area contributed by atoms with Crippen molar-refractivity contribution < 1.29 is 38.1 Å². The van der Waals surface area contributed by atoms with Crippen LogP contribution in [0, 0.1) is 0 Å². The lowest BCUT2D eigenvalue weighted by Crippen LogP contribution is -2.54. The summed E-state index contributed by atoms with van der Waals surface area (Å²) in [7, 11) is 3.10. The molecule has 0 radical (unpaired) electrons. The molecule has 0 bridgehead atoms. The van der Waals surface area contributed by atoms with Gasteiger partial charge in [-0.25, -0.2) is 9.59 Å². The lowest BCUT2D eigenvalue weighted by molar-refractivity contribution is -0.124. The van der Waals surface area contributed by atoms with E-state index in [1.165, 1.54) is 9.80 Å². The third-order valence-electron chi connectivity index (χ3n) is 10.1. The van der Waals surface area contributed by atoms with Crippen molar-refractivity contribution in [2.24, 2.45) is 0 Å². The smallest absolute Gasteiger partial charge is 0.411 e. The van der Waals surface area contributed by atoms with Crippen molar-refractivity contribution in [1.29, 1.82) is 0 Å². The van der Waals surface area contributed by atoms with Crippen LogP contribution >= 0.6 is 0 Å². The minimum Gasteiger partial charge on any atom is -0.497 e. The highest BCUT2D eigenvalue weighted by Gasteiger charge is 2.68. The second-order valence-corrected chi connectivity index (χ2v) is 12.5. The maximum atomic E-state index is 15.1. The molecule has 0 unspecified atom stereocenters. The summed E-state index contributed by atoms with van der Waals surface area (Å²) in [5.74, 6) is 0.327. The summed E-state index contributed by atoms with van der Waals surface area (Å²) in [5, 5.41) is 0. The third kappa shape index (κ3) is 4.89. The quantitative estimate of drug-likeness (QED) is 0.258. The van der Waals surface area contributed by atoms with Crippen molar-refractivity contribution in [1.82, 2.24) is 9.80 Å². The third-order valence-corrected chi connectivity index (χ3v) is 10.1. The van der Waals surface area contributed by atoms with Crippen LogP contribution in [-0.4, -0.2) is 85.4 Å². The van der Waals surface area contributed by atoms with Gasteiger partial charge in [0.05, 0.1) is 38.4 Å². The maximum absolute atomic E-state index is 15.1. The number of nitrogens with zero attached hydrogens (tertiary/aromatic N) is 4. The largest absolute Gasteiger partial charge is 0.497 e. The van der Waals surface area contributed by atoms with Gasteiger partial charge in [-0.2, -0.15) is 0 Å². The Morgan fingerprint density at radius 3 is 1.22 bits per heavy atom. The first-order valence-corrected chi connectivity index (χ1v) is 16.4. The first-order valence-electron chi connectivity index (χ1n) is 16.4. The number of methoxy groups -OCH3 is 2. The van der Waals surface area contributed by atoms with E-state index in [0.29, 0.717) is 22.9 Å². The summed E-state index contributed by atoms with van der Waals surface area (Å²) in [5.41, 5.74) is 2.54. The van der Waals surface area contributed by atoms with E-state index in [0.717, 1.165) is 11.1 Å². The van der Waals surface area contributed by atoms with Crippen LogP contribution in [0.4, 0.5) is 21.0 Å². The van der Waals surface area contributed by atoms with E-state index in [9.17, 15) is 9.59 Å². The number of fused-ring (bicyclic) bond motifs is 1. The Balaban J connectivity index is 1.33. The number of rotatable bonds is 8. The fraction of sp³-hybridized carbons (Fsp3) is 0.263. The molecule has 0 N–H and O–H groups in total. The monoisotopic (exact) mass is 674 g/mol. The molecular formula is C38H34N4O8. The molecule has 0 aromatic heterocycles. The van der Waals surface area contributed by atoms with Gasteiger partial charge in [0.1, 0.15) is 36.8 Å². The topological polar surface area (TPSA) is 118 Å². The highest BCUT2D eigenvalue weighted by Crippen LogP contribution is 2.48. The fourth-order valence-corrected chi connectivity index (χ4v) is 7.83. The van der Waals surface area contributed by atoms with Gasteiger partial charge in [-0.15, -0.1) is 0 Å². The first kappa shape index (κ1) is 31.2. The Bertz CT molecular complexity index is 1780. The van der Waals surface area contributed by atoms with Crippen LogP contribution in [0.25, 0.3) is 0 Å². The highest BCUT2D eigenvalue weighted by atomic mass is 16.6. The maximum Gasteiger partial charge on any atom is 0.411 e. The van der Waals surface area contributed by atoms with Crippen molar-refractivity contribution in [3.63, 3.8) is 0 Å². The van der Waals surface area contributed by atoms with Crippen molar-refractivity contribution >= 4 is 35.4 Å². The standard InChI is InChI=1S/C38H34N4O8/c1-47-27-17-13-25(14-18-27)39-31-32(34(35(39)43)42-30(22-50-38(42)46)24-11-7-4-8-12-24)40(26-15-19-28(48-2)20-16-26)36(44)33(31)41-29(21-49-37(41)45)23-9-5-3-6-10-23/h3-20,29-34H,21-22H2,1-2H3/t29-,30-,31-,32-,33+,34+/m1/s1. The van der Waals surface area contributed by atoms with Crippen LogP contribution in [0.5, 0.6) is 11.5 Å². The molecule has 4 amide bonds. The number of anilines is 2. The molecule has 4 aromatic carbocycles. The van der Waals surface area contributed by atoms with Crippen LogP contribution < -0.4 is 19.3 Å². The summed E-state index contributed by atoms with van der Waals surface area (Å²) in [6.07, 6.45) is -1.33. The van der Waals surface area contributed by atoms with Gasteiger partial charge < -0.3 is 28.7 Å². The molecule has 4 aliphatic rings. The number of hydrogen-bond acceptors (Lipinski definition) is 8.